The summed E-state index contributed by atoms with van der Waals surface area (Å²) in [5.74, 6) is 0.0766. The predicted octanol–water partition coefficient (Wildman–Crippen LogP) is 3.79. The fourth-order valence-electron chi connectivity index (χ4n) is 1.87. The van der Waals surface area contributed by atoms with Crippen molar-refractivity contribution in [2.45, 2.75) is 6.92 Å². The third-order valence-corrected chi connectivity index (χ3v) is 2.78. The SMILES string of the molecule is COc1ccc(Nc2cc(F)cc([N+](=O)[O-])c2)cc1C. The number of aryl methyl sites for hydroxylation is 1. The van der Waals surface area contributed by atoms with Crippen LogP contribution in [0.5, 0.6) is 5.75 Å². The minimum atomic E-state index is -0.660. The number of halogens is 1. The Morgan fingerprint density at radius 3 is 2.55 bits per heavy atom. The van der Waals surface area contributed by atoms with Crippen LogP contribution >= 0.6 is 0 Å². The van der Waals surface area contributed by atoms with Gasteiger partial charge in [-0.15, -0.1) is 0 Å². The third kappa shape index (κ3) is 3.03. The van der Waals surface area contributed by atoms with E-state index in [0.29, 0.717) is 11.4 Å². The average Bonchev–Trinajstić information content (AvgIpc) is 2.38. The Labute approximate surface area is 115 Å². The van der Waals surface area contributed by atoms with E-state index >= 15 is 0 Å². The summed E-state index contributed by atoms with van der Waals surface area (Å²) in [5, 5.41) is 13.6. The van der Waals surface area contributed by atoms with Crippen LogP contribution < -0.4 is 10.1 Å². The first-order chi connectivity index (χ1) is 9.49. The predicted molar refractivity (Wildman–Crippen MR) is 74.1 cm³/mol. The summed E-state index contributed by atoms with van der Waals surface area (Å²) < 4.78 is 18.5. The van der Waals surface area contributed by atoms with Gasteiger partial charge in [0.1, 0.15) is 11.6 Å². The van der Waals surface area contributed by atoms with Crippen LogP contribution in [0, 0.1) is 22.9 Å². The maximum absolute atomic E-state index is 13.3. The van der Waals surface area contributed by atoms with E-state index in [4.69, 9.17) is 4.74 Å². The van der Waals surface area contributed by atoms with Crippen LogP contribution in [-0.2, 0) is 0 Å². The number of hydrogen-bond acceptors (Lipinski definition) is 4. The van der Waals surface area contributed by atoms with Gasteiger partial charge in [0.05, 0.1) is 18.1 Å². The van der Waals surface area contributed by atoms with Gasteiger partial charge in [-0.1, -0.05) is 0 Å². The quantitative estimate of drug-likeness (QED) is 0.681. The zero-order valence-electron chi connectivity index (χ0n) is 11.0. The lowest BCUT2D eigenvalue weighted by atomic mass is 10.2. The van der Waals surface area contributed by atoms with Crippen LogP contribution in [0.25, 0.3) is 0 Å². The van der Waals surface area contributed by atoms with Crippen LogP contribution in [0.1, 0.15) is 5.56 Å². The van der Waals surface area contributed by atoms with Gasteiger partial charge in [-0.05, 0) is 36.8 Å². The fraction of sp³-hybridized carbons (Fsp3) is 0.143. The first kappa shape index (κ1) is 13.8. The van der Waals surface area contributed by atoms with E-state index in [1.54, 1.807) is 19.2 Å². The number of benzene rings is 2. The van der Waals surface area contributed by atoms with E-state index in [-0.39, 0.29) is 5.69 Å². The van der Waals surface area contributed by atoms with Gasteiger partial charge in [0.15, 0.2) is 0 Å². The smallest absolute Gasteiger partial charge is 0.274 e. The Balaban J connectivity index is 2.30. The molecule has 2 aromatic rings. The van der Waals surface area contributed by atoms with E-state index in [2.05, 4.69) is 5.32 Å². The summed E-state index contributed by atoms with van der Waals surface area (Å²) in [6.45, 7) is 1.87. The molecule has 0 fully saturated rings. The Morgan fingerprint density at radius 1 is 1.20 bits per heavy atom. The third-order valence-electron chi connectivity index (χ3n) is 2.78. The molecule has 0 aliphatic rings. The number of hydrogen-bond donors (Lipinski definition) is 1. The van der Waals surface area contributed by atoms with Crippen molar-refractivity contribution >= 4 is 17.1 Å². The van der Waals surface area contributed by atoms with Crippen molar-refractivity contribution in [1.29, 1.82) is 0 Å². The van der Waals surface area contributed by atoms with E-state index in [0.717, 1.165) is 17.4 Å². The van der Waals surface area contributed by atoms with Gasteiger partial charge < -0.3 is 10.1 Å². The number of nitrogens with zero attached hydrogens (tertiary/aromatic N) is 1. The van der Waals surface area contributed by atoms with Crippen LogP contribution in [0.2, 0.25) is 0 Å². The topological polar surface area (TPSA) is 64.4 Å². The molecule has 0 heterocycles. The van der Waals surface area contributed by atoms with Crippen molar-refractivity contribution in [3.05, 3.63) is 57.9 Å². The molecule has 0 saturated carbocycles. The number of nitro groups is 1. The molecular formula is C14H13FN2O3. The summed E-state index contributed by atoms with van der Waals surface area (Å²) >= 11 is 0. The molecule has 104 valence electrons. The van der Waals surface area contributed by atoms with Gasteiger partial charge >= 0.3 is 0 Å². The van der Waals surface area contributed by atoms with Crippen LogP contribution in [0.3, 0.4) is 0 Å². The number of non-ortho nitro benzene ring substituents is 1. The molecule has 2 rings (SSSR count). The monoisotopic (exact) mass is 276 g/mol. The first-order valence-corrected chi connectivity index (χ1v) is 5.86. The van der Waals surface area contributed by atoms with E-state index in [1.165, 1.54) is 12.1 Å². The minimum Gasteiger partial charge on any atom is -0.496 e. The number of methoxy groups -OCH3 is 1. The molecule has 0 bridgehead atoms. The molecule has 0 amide bonds. The van der Waals surface area contributed by atoms with E-state index in [1.807, 2.05) is 13.0 Å². The Morgan fingerprint density at radius 2 is 1.95 bits per heavy atom. The molecule has 0 aliphatic heterocycles. The Hall–Kier alpha value is -2.63. The van der Waals surface area contributed by atoms with Crippen LogP contribution in [0.4, 0.5) is 21.5 Å². The Bertz CT molecular complexity index is 659. The summed E-state index contributed by atoms with van der Waals surface area (Å²) in [4.78, 5) is 10.1. The minimum absolute atomic E-state index is 0.294. The van der Waals surface area contributed by atoms with Crippen molar-refractivity contribution < 1.29 is 14.1 Å². The van der Waals surface area contributed by atoms with Crippen molar-refractivity contribution in [3.8, 4) is 5.75 Å². The van der Waals surface area contributed by atoms with Gasteiger partial charge in [0, 0.05) is 17.4 Å². The van der Waals surface area contributed by atoms with Crippen molar-refractivity contribution in [2.75, 3.05) is 12.4 Å². The van der Waals surface area contributed by atoms with Gasteiger partial charge in [-0.2, -0.15) is 0 Å². The maximum atomic E-state index is 13.3. The van der Waals surface area contributed by atoms with Gasteiger partial charge in [-0.3, -0.25) is 10.1 Å². The van der Waals surface area contributed by atoms with Crippen molar-refractivity contribution in [3.63, 3.8) is 0 Å². The lowest BCUT2D eigenvalue weighted by molar-refractivity contribution is -0.385. The molecule has 0 radical (unpaired) electrons. The van der Waals surface area contributed by atoms with Crippen molar-refractivity contribution in [2.24, 2.45) is 0 Å². The maximum Gasteiger partial charge on any atom is 0.274 e. The number of nitro benzene ring substituents is 1. The zero-order chi connectivity index (χ0) is 14.7. The van der Waals surface area contributed by atoms with Crippen molar-refractivity contribution in [1.82, 2.24) is 0 Å². The second-order valence-corrected chi connectivity index (χ2v) is 4.26. The lowest BCUT2D eigenvalue weighted by Gasteiger charge is -2.10. The Kier molecular flexibility index (Phi) is 3.84. The largest absolute Gasteiger partial charge is 0.496 e. The number of anilines is 2. The lowest BCUT2D eigenvalue weighted by Crippen LogP contribution is -1.96. The molecule has 1 N–H and O–H groups in total. The summed E-state index contributed by atoms with van der Waals surface area (Å²) in [5.41, 5.74) is 1.63. The molecule has 6 heteroatoms. The summed E-state index contributed by atoms with van der Waals surface area (Å²) in [6.07, 6.45) is 0. The average molecular weight is 276 g/mol. The van der Waals surface area contributed by atoms with E-state index < -0.39 is 10.7 Å². The van der Waals surface area contributed by atoms with Gasteiger partial charge in [0.2, 0.25) is 0 Å². The molecule has 0 aromatic heterocycles. The first-order valence-electron chi connectivity index (χ1n) is 5.86. The second-order valence-electron chi connectivity index (χ2n) is 4.26. The highest BCUT2D eigenvalue weighted by atomic mass is 19.1. The fourth-order valence-corrected chi connectivity index (χ4v) is 1.87. The number of ether oxygens (including phenoxy) is 1. The standard InChI is InChI=1S/C14H13FN2O3/c1-9-5-11(3-4-14(9)20-2)16-12-6-10(15)7-13(8-12)17(18)19/h3-8,16H,1-2H3. The number of nitrogens with one attached hydrogen (secondary N) is 1. The van der Waals surface area contributed by atoms with Crippen LogP contribution in [0.15, 0.2) is 36.4 Å². The second kappa shape index (κ2) is 5.56. The molecule has 0 atom stereocenters. The number of rotatable bonds is 4. The molecule has 0 aliphatic carbocycles. The molecule has 2 aromatic carbocycles. The van der Waals surface area contributed by atoms with E-state index in [9.17, 15) is 14.5 Å². The highest BCUT2D eigenvalue weighted by molar-refractivity contribution is 5.64. The van der Waals surface area contributed by atoms with Gasteiger partial charge in [-0.25, -0.2) is 4.39 Å². The molecule has 5 nitrogen and oxygen atoms in total. The molecule has 0 saturated heterocycles. The highest BCUT2D eigenvalue weighted by Gasteiger charge is 2.10. The van der Waals surface area contributed by atoms with Crippen LogP contribution in [-0.4, -0.2) is 12.0 Å². The highest BCUT2D eigenvalue weighted by Crippen LogP contribution is 2.26. The normalized spacial score (nSPS) is 10.2. The summed E-state index contributed by atoms with van der Waals surface area (Å²) in [6, 6.07) is 8.70. The molecular weight excluding hydrogens is 263 g/mol. The van der Waals surface area contributed by atoms with Gasteiger partial charge in [0.25, 0.3) is 5.69 Å². The molecule has 0 spiro atoms. The summed E-state index contributed by atoms with van der Waals surface area (Å²) in [7, 11) is 1.57. The molecule has 0 unspecified atom stereocenters. The zero-order valence-corrected chi connectivity index (χ0v) is 11.0. The molecule has 20 heavy (non-hydrogen) atoms.